The molecule has 0 N–H and O–H groups in total. The molecule has 0 aromatic carbocycles. The lowest BCUT2D eigenvalue weighted by Gasteiger charge is -2.26. The van der Waals surface area contributed by atoms with Crippen molar-refractivity contribution in [1.29, 1.82) is 0 Å². The predicted octanol–water partition coefficient (Wildman–Crippen LogP) is 1.61. The van der Waals surface area contributed by atoms with Crippen LogP contribution in [0.2, 0.25) is 0 Å². The van der Waals surface area contributed by atoms with Crippen LogP contribution in [-0.2, 0) is 9.59 Å². The predicted molar refractivity (Wildman–Crippen MR) is 54.9 cm³/mol. The normalized spacial score (nSPS) is 17.2. The Morgan fingerprint density at radius 3 is 2.21 bits per heavy atom. The van der Waals surface area contributed by atoms with Crippen LogP contribution in [0.4, 0.5) is 0 Å². The molecule has 1 rings (SSSR count). The zero-order valence-electron chi connectivity index (χ0n) is 9.08. The lowest BCUT2D eigenvalue weighted by atomic mass is 10.0. The van der Waals surface area contributed by atoms with Gasteiger partial charge in [0.05, 0.1) is 6.42 Å². The van der Waals surface area contributed by atoms with Crippen molar-refractivity contribution in [2.45, 2.75) is 39.5 Å². The summed E-state index contributed by atoms with van der Waals surface area (Å²) in [5, 5.41) is 0. The maximum Gasteiger partial charge on any atom is 0.230 e. The van der Waals surface area contributed by atoms with Gasteiger partial charge in [-0.15, -0.1) is 0 Å². The van der Waals surface area contributed by atoms with E-state index in [4.69, 9.17) is 0 Å². The molecule has 0 atom stereocenters. The number of carbonyl (C=O) groups excluding carboxylic acids is 2. The van der Waals surface area contributed by atoms with Gasteiger partial charge >= 0.3 is 0 Å². The number of Topliss-reactive ketones (excluding diaryl/α,β-unsaturated/α-hetero) is 1. The monoisotopic (exact) mass is 197 g/mol. The van der Waals surface area contributed by atoms with Gasteiger partial charge in [0.1, 0.15) is 5.78 Å². The highest BCUT2D eigenvalue weighted by molar-refractivity contribution is 5.98. The lowest BCUT2D eigenvalue weighted by molar-refractivity contribution is -0.137. The number of likely N-dealkylation sites (tertiary alicyclic amines) is 1. The van der Waals surface area contributed by atoms with Gasteiger partial charge in [-0.1, -0.05) is 13.8 Å². The molecule has 0 unspecified atom stereocenters. The molecule has 80 valence electrons. The molecule has 1 heterocycles. The molecular formula is C11H19NO2. The molecule has 0 spiro atoms. The number of amides is 1. The lowest BCUT2D eigenvalue weighted by Crippen LogP contribution is -2.37. The Balaban J connectivity index is 2.37. The summed E-state index contributed by atoms with van der Waals surface area (Å²) in [6, 6.07) is 0. The quantitative estimate of drug-likeness (QED) is 0.645. The molecule has 1 aliphatic rings. The summed E-state index contributed by atoms with van der Waals surface area (Å²) in [5.74, 6) is 0.0488. The van der Waals surface area contributed by atoms with Gasteiger partial charge in [-0.2, -0.15) is 0 Å². The van der Waals surface area contributed by atoms with Gasteiger partial charge in [0.25, 0.3) is 0 Å². The Labute approximate surface area is 85.5 Å². The third kappa shape index (κ3) is 3.13. The minimum Gasteiger partial charge on any atom is -0.342 e. The SMILES string of the molecule is CC(C)C(=O)CC(=O)N1CCCCC1. The van der Waals surface area contributed by atoms with Crippen LogP contribution < -0.4 is 0 Å². The molecule has 14 heavy (non-hydrogen) atoms. The number of nitrogens with zero attached hydrogens (tertiary/aromatic N) is 1. The van der Waals surface area contributed by atoms with Crippen LogP contribution in [0.3, 0.4) is 0 Å². The summed E-state index contributed by atoms with van der Waals surface area (Å²) < 4.78 is 0. The summed E-state index contributed by atoms with van der Waals surface area (Å²) >= 11 is 0. The molecule has 0 saturated carbocycles. The summed E-state index contributed by atoms with van der Waals surface area (Å²) in [6.45, 7) is 5.35. The first-order chi connectivity index (χ1) is 6.61. The van der Waals surface area contributed by atoms with Crippen molar-refractivity contribution in [3.05, 3.63) is 0 Å². The Morgan fingerprint density at radius 1 is 1.14 bits per heavy atom. The van der Waals surface area contributed by atoms with Gasteiger partial charge in [-0.3, -0.25) is 9.59 Å². The highest BCUT2D eigenvalue weighted by Crippen LogP contribution is 2.11. The third-order valence-corrected chi connectivity index (χ3v) is 2.68. The number of ketones is 1. The van der Waals surface area contributed by atoms with Crippen LogP contribution in [0.1, 0.15) is 39.5 Å². The van der Waals surface area contributed by atoms with E-state index in [1.54, 1.807) is 0 Å². The zero-order valence-corrected chi connectivity index (χ0v) is 9.08. The first kappa shape index (κ1) is 11.2. The Bertz CT molecular complexity index is 217. The van der Waals surface area contributed by atoms with Gasteiger partial charge in [-0.05, 0) is 19.3 Å². The van der Waals surface area contributed by atoms with Crippen LogP contribution >= 0.6 is 0 Å². The zero-order chi connectivity index (χ0) is 10.6. The molecule has 0 bridgehead atoms. The minimum atomic E-state index is -0.0243. The van der Waals surface area contributed by atoms with E-state index in [1.807, 2.05) is 18.7 Å². The van der Waals surface area contributed by atoms with Crippen LogP contribution in [0.15, 0.2) is 0 Å². The largest absolute Gasteiger partial charge is 0.342 e. The number of hydrogen-bond acceptors (Lipinski definition) is 2. The van der Waals surface area contributed by atoms with E-state index in [0.717, 1.165) is 25.9 Å². The van der Waals surface area contributed by atoms with Crippen molar-refractivity contribution in [2.75, 3.05) is 13.1 Å². The Kier molecular flexibility index (Phi) is 4.11. The van der Waals surface area contributed by atoms with Crippen molar-refractivity contribution in [3.63, 3.8) is 0 Å². The average molecular weight is 197 g/mol. The molecule has 3 nitrogen and oxygen atoms in total. The van der Waals surface area contributed by atoms with Crippen molar-refractivity contribution < 1.29 is 9.59 Å². The van der Waals surface area contributed by atoms with Gasteiger partial charge in [0.15, 0.2) is 0 Å². The molecule has 1 saturated heterocycles. The van der Waals surface area contributed by atoms with Gasteiger partial charge in [0, 0.05) is 19.0 Å². The van der Waals surface area contributed by atoms with Crippen LogP contribution in [-0.4, -0.2) is 29.7 Å². The summed E-state index contributed by atoms with van der Waals surface area (Å²) in [5.41, 5.74) is 0. The van der Waals surface area contributed by atoms with E-state index in [9.17, 15) is 9.59 Å². The maximum atomic E-state index is 11.6. The van der Waals surface area contributed by atoms with Gasteiger partial charge in [-0.25, -0.2) is 0 Å². The molecule has 0 aromatic rings. The average Bonchev–Trinajstić information content (AvgIpc) is 2.19. The number of piperidine rings is 1. The number of rotatable bonds is 3. The fourth-order valence-corrected chi connectivity index (χ4v) is 1.61. The molecule has 0 radical (unpaired) electrons. The molecule has 1 fully saturated rings. The van der Waals surface area contributed by atoms with Crippen molar-refractivity contribution in [3.8, 4) is 0 Å². The smallest absolute Gasteiger partial charge is 0.230 e. The van der Waals surface area contributed by atoms with E-state index in [-0.39, 0.29) is 24.0 Å². The summed E-state index contributed by atoms with van der Waals surface area (Å²) in [6.07, 6.45) is 3.47. The molecule has 3 heteroatoms. The molecule has 1 aliphatic heterocycles. The first-order valence-electron chi connectivity index (χ1n) is 5.41. The summed E-state index contributed by atoms with van der Waals surface area (Å²) in [4.78, 5) is 24.8. The fourth-order valence-electron chi connectivity index (χ4n) is 1.61. The maximum absolute atomic E-state index is 11.6. The highest BCUT2D eigenvalue weighted by Gasteiger charge is 2.20. The Hall–Kier alpha value is -0.860. The minimum absolute atomic E-state index is 0.0170. The van der Waals surface area contributed by atoms with Crippen LogP contribution in [0, 0.1) is 5.92 Å². The molecular weight excluding hydrogens is 178 g/mol. The number of carbonyl (C=O) groups is 2. The molecule has 0 aliphatic carbocycles. The van der Waals surface area contributed by atoms with Crippen molar-refractivity contribution >= 4 is 11.7 Å². The van der Waals surface area contributed by atoms with E-state index in [2.05, 4.69) is 0 Å². The molecule has 1 amide bonds. The second kappa shape index (κ2) is 5.13. The highest BCUT2D eigenvalue weighted by atomic mass is 16.2. The van der Waals surface area contributed by atoms with E-state index >= 15 is 0 Å². The van der Waals surface area contributed by atoms with Gasteiger partial charge in [0.2, 0.25) is 5.91 Å². The van der Waals surface area contributed by atoms with Crippen LogP contribution in [0.25, 0.3) is 0 Å². The second-order valence-corrected chi connectivity index (χ2v) is 4.24. The third-order valence-electron chi connectivity index (χ3n) is 2.68. The topological polar surface area (TPSA) is 37.4 Å². The summed E-state index contributed by atoms with van der Waals surface area (Å²) in [7, 11) is 0. The first-order valence-corrected chi connectivity index (χ1v) is 5.41. The van der Waals surface area contributed by atoms with E-state index in [0.29, 0.717) is 0 Å². The standard InChI is InChI=1S/C11H19NO2/c1-9(2)10(13)8-11(14)12-6-4-3-5-7-12/h9H,3-8H2,1-2H3. The molecule has 0 aromatic heterocycles. The number of hydrogen-bond donors (Lipinski definition) is 0. The fraction of sp³-hybridized carbons (Fsp3) is 0.818. The van der Waals surface area contributed by atoms with Crippen molar-refractivity contribution in [2.24, 2.45) is 5.92 Å². The van der Waals surface area contributed by atoms with Gasteiger partial charge < -0.3 is 4.90 Å². The van der Waals surface area contributed by atoms with Crippen LogP contribution in [0.5, 0.6) is 0 Å². The van der Waals surface area contributed by atoms with Crippen molar-refractivity contribution in [1.82, 2.24) is 4.90 Å². The second-order valence-electron chi connectivity index (χ2n) is 4.24. The van der Waals surface area contributed by atoms with E-state index in [1.165, 1.54) is 6.42 Å². The van der Waals surface area contributed by atoms with E-state index < -0.39 is 0 Å². The Morgan fingerprint density at radius 2 is 1.71 bits per heavy atom.